The van der Waals surface area contributed by atoms with E-state index >= 15 is 0 Å². The first-order valence-corrected chi connectivity index (χ1v) is 11.1. The van der Waals surface area contributed by atoms with Crippen LogP contribution in [0.1, 0.15) is 40.0 Å². The first-order valence-electron chi connectivity index (χ1n) is 8.58. The van der Waals surface area contributed by atoms with Gasteiger partial charge in [0, 0.05) is 32.8 Å². The van der Waals surface area contributed by atoms with E-state index in [-0.39, 0.29) is 6.03 Å². The first kappa shape index (κ1) is 21.4. The van der Waals surface area contributed by atoms with Crippen molar-refractivity contribution in [2.45, 2.75) is 52.6 Å². The quantitative estimate of drug-likeness (QED) is 0.337. The molecule has 0 bridgehead atoms. The van der Waals surface area contributed by atoms with Crippen molar-refractivity contribution in [2.75, 3.05) is 39.4 Å². The summed E-state index contributed by atoms with van der Waals surface area (Å²) in [5.41, 5.74) is 0. The van der Waals surface area contributed by atoms with Gasteiger partial charge in [0.15, 0.2) is 0 Å². The fourth-order valence-corrected chi connectivity index (χ4v) is 4.57. The smallest absolute Gasteiger partial charge is 0.334 e. The van der Waals surface area contributed by atoms with Crippen LogP contribution in [-0.4, -0.2) is 54.0 Å². The van der Waals surface area contributed by atoms with Gasteiger partial charge in [0.2, 0.25) is 0 Å². The lowest BCUT2D eigenvalue weighted by atomic mass is 10.3. The molecule has 0 rings (SSSR count). The van der Waals surface area contributed by atoms with E-state index in [1.54, 1.807) is 0 Å². The molecule has 22 heavy (non-hydrogen) atoms. The van der Waals surface area contributed by atoms with E-state index in [4.69, 9.17) is 8.85 Å². The van der Waals surface area contributed by atoms with Gasteiger partial charge >= 0.3 is 14.6 Å². The predicted octanol–water partition coefficient (Wildman–Crippen LogP) is 2.21. The van der Waals surface area contributed by atoms with E-state index in [2.05, 4.69) is 29.4 Å². The number of hydrogen-bond acceptors (Lipinski definition) is 4. The Kier molecular flexibility index (Phi) is 13.6. The fraction of sp³-hybridized carbons (Fsp3) is 0.933. The minimum absolute atomic E-state index is 0.0806. The third-order valence-corrected chi connectivity index (χ3v) is 6.35. The number of hydrogen-bond donors (Lipinski definition) is 3. The van der Waals surface area contributed by atoms with Gasteiger partial charge in [-0.1, -0.05) is 13.3 Å². The Morgan fingerprint density at radius 2 is 1.55 bits per heavy atom. The maximum atomic E-state index is 11.4. The van der Waals surface area contributed by atoms with Crippen molar-refractivity contribution < 1.29 is 13.6 Å². The zero-order valence-electron chi connectivity index (χ0n) is 14.8. The Hall–Kier alpha value is -0.633. The van der Waals surface area contributed by atoms with E-state index in [1.807, 2.05) is 13.8 Å². The summed E-state index contributed by atoms with van der Waals surface area (Å²) < 4.78 is 11.6. The lowest BCUT2D eigenvalue weighted by Crippen LogP contribution is -2.41. The summed E-state index contributed by atoms with van der Waals surface area (Å²) in [6.07, 6.45) is 3.15. The van der Waals surface area contributed by atoms with Gasteiger partial charge in [-0.25, -0.2) is 4.79 Å². The molecule has 0 heterocycles. The Balaban J connectivity index is 3.54. The maximum absolute atomic E-state index is 11.4. The van der Waals surface area contributed by atoms with Crippen LogP contribution in [0.15, 0.2) is 0 Å². The van der Waals surface area contributed by atoms with Crippen LogP contribution < -0.4 is 16.0 Å². The third kappa shape index (κ3) is 12.0. The molecule has 2 amide bonds. The second-order valence-electron chi connectivity index (χ2n) is 5.39. The van der Waals surface area contributed by atoms with Gasteiger partial charge in [0.1, 0.15) is 0 Å². The number of carbonyl (C=O) groups excluding carboxylic acids is 1. The summed E-state index contributed by atoms with van der Waals surface area (Å²) in [5, 5.41) is 9.00. The SMILES string of the molecule is CCCCNC(=O)NCCNCCC[Si](C)(OCC)OCC. The lowest BCUT2D eigenvalue weighted by molar-refractivity contribution is 0.188. The van der Waals surface area contributed by atoms with Gasteiger partial charge in [-0.3, -0.25) is 0 Å². The Labute approximate surface area is 137 Å². The summed E-state index contributed by atoms with van der Waals surface area (Å²) in [6.45, 7) is 12.8. The van der Waals surface area contributed by atoms with Gasteiger partial charge in [0.25, 0.3) is 0 Å². The summed E-state index contributed by atoms with van der Waals surface area (Å²) in [6, 6.07) is 0.912. The largest absolute Gasteiger partial charge is 0.395 e. The molecule has 0 radical (unpaired) electrons. The molecule has 0 saturated heterocycles. The van der Waals surface area contributed by atoms with Gasteiger partial charge in [-0.05, 0) is 45.8 Å². The minimum atomic E-state index is -1.97. The number of urea groups is 1. The molecule has 6 nitrogen and oxygen atoms in total. The molecule has 0 saturated carbocycles. The molecule has 0 aromatic rings. The highest BCUT2D eigenvalue weighted by Gasteiger charge is 2.29. The molecule has 0 aliphatic carbocycles. The van der Waals surface area contributed by atoms with Crippen LogP contribution >= 0.6 is 0 Å². The van der Waals surface area contributed by atoms with Crippen LogP contribution in [0, 0.1) is 0 Å². The first-order chi connectivity index (χ1) is 10.6. The van der Waals surface area contributed by atoms with Crippen molar-refractivity contribution in [2.24, 2.45) is 0 Å². The number of rotatable bonds is 14. The summed E-state index contributed by atoms with van der Waals surface area (Å²) in [7, 11) is -1.97. The van der Waals surface area contributed by atoms with Crippen molar-refractivity contribution in [1.82, 2.24) is 16.0 Å². The highest BCUT2D eigenvalue weighted by molar-refractivity contribution is 6.66. The van der Waals surface area contributed by atoms with Crippen LogP contribution in [0.3, 0.4) is 0 Å². The summed E-state index contributed by atoms with van der Waals surface area (Å²) >= 11 is 0. The molecule has 0 aliphatic heterocycles. The topological polar surface area (TPSA) is 71.6 Å². The van der Waals surface area contributed by atoms with E-state index in [0.717, 1.165) is 44.9 Å². The number of amides is 2. The average Bonchev–Trinajstić information content (AvgIpc) is 2.47. The number of nitrogens with one attached hydrogen (secondary N) is 3. The van der Waals surface area contributed by atoms with Gasteiger partial charge in [-0.2, -0.15) is 0 Å². The van der Waals surface area contributed by atoms with E-state index in [0.29, 0.717) is 19.8 Å². The van der Waals surface area contributed by atoms with Crippen molar-refractivity contribution in [3.8, 4) is 0 Å². The van der Waals surface area contributed by atoms with Crippen molar-refractivity contribution >= 4 is 14.6 Å². The van der Waals surface area contributed by atoms with Crippen LogP contribution in [0.25, 0.3) is 0 Å². The molecule has 0 aliphatic rings. The van der Waals surface area contributed by atoms with Gasteiger partial charge in [-0.15, -0.1) is 0 Å². The average molecular weight is 334 g/mol. The molecule has 0 aromatic heterocycles. The summed E-state index contributed by atoms with van der Waals surface area (Å²) in [5.74, 6) is 0. The highest BCUT2D eigenvalue weighted by Crippen LogP contribution is 2.15. The summed E-state index contributed by atoms with van der Waals surface area (Å²) in [4.78, 5) is 11.4. The molecule has 0 spiro atoms. The zero-order chi connectivity index (χ0) is 16.7. The number of unbranched alkanes of at least 4 members (excludes halogenated alkanes) is 1. The van der Waals surface area contributed by atoms with E-state index in [9.17, 15) is 4.79 Å². The second-order valence-corrected chi connectivity index (χ2v) is 8.73. The predicted molar refractivity (Wildman–Crippen MR) is 93.5 cm³/mol. The Morgan fingerprint density at radius 1 is 0.909 bits per heavy atom. The van der Waals surface area contributed by atoms with E-state index in [1.165, 1.54) is 0 Å². The monoisotopic (exact) mass is 333 g/mol. The molecular formula is C15H35N3O3Si. The highest BCUT2D eigenvalue weighted by atomic mass is 28.4. The molecule has 0 unspecified atom stereocenters. The van der Waals surface area contributed by atoms with Crippen LogP contribution in [0.4, 0.5) is 4.79 Å². The molecule has 132 valence electrons. The van der Waals surface area contributed by atoms with Crippen LogP contribution in [0.5, 0.6) is 0 Å². The van der Waals surface area contributed by atoms with Crippen molar-refractivity contribution in [1.29, 1.82) is 0 Å². The van der Waals surface area contributed by atoms with Crippen molar-refractivity contribution in [3.05, 3.63) is 0 Å². The molecule has 0 atom stereocenters. The molecule has 0 fully saturated rings. The second kappa shape index (κ2) is 14.0. The number of carbonyl (C=O) groups is 1. The van der Waals surface area contributed by atoms with E-state index < -0.39 is 8.56 Å². The maximum Gasteiger partial charge on any atom is 0.334 e. The lowest BCUT2D eigenvalue weighted by Gasteiger charge is -2.25. The van der Waals surface area contributed by atoms with Crippen LogP contribution in [0.2, 0.25) is 12.6 Å². The van der Waals surface area contributed by atoms with Gasteiger partial charge < -0.3 is 24.8 Å². The molecule has 0 aromatic carbocycles. The molecule has 7 heteroatoms. The fourth-order valence-electron chi connectivity index (χ4n) is 2.16. The molecule has 3 N–H and O–H groups in total. The Bertz CT molecular complexity index is 275. The van der Waals surface area contributed by atoms with Gasteiger partial charge in [0.05, 0.1) is 0 Å². The Morgan fingerprint density at radius 3 is 2.14 bits per heavy atom. The minimum Gasteiger partial charge on any atom is -0.395 e. The van der Waals surface area contributed by atoms with Crippen molar-refractivity contribution in [3.63, 3.8) is 0 Å². The van der Waals surface area contributed by atoms with Crippen LogP contribution in [-0.2, 0) is 8.85 Å². The standard InChI is InChI=1S/C15H35N3O3Si/c1-5-8-11-17-15(19)18-13-12-16-10-9-14-22(4,20-6-2)21-7-3/h16H,5-14H2,1-4H3,(H2,17,18,19). The molecular weight excluding hydrogens is 298 g/mol. The third-order valence-electron chi connectivity index (χ3n) is 3.29. The normalized spacial score (nSPS) is 11.5. The zero-order valence-corrected chi connectivity index (χ0v) is 15.8.